The molecule has 0 radical (unpaired) electrons. The highest BCUT2D eigenvalue weighted by atomic mass is 35.5. The largest absolute Gasteiger partial charge is 0.316 e. The van der Waals surface area contributed by atoms with Crippen LogP contribution in [0.15, 0.2) is 18.2 Å². The Balaban J connectivity index is 1.80. The minimum Gasteiger partial charge on any atom is -0.316 e. The second-order valence-corrected chi connectivity index (χ2v) is 5.96. The van der Waals surface area contributed by atoms with Gasteiger partial charge in [-0.3, -0.25) is 0 Å². The second kappa shape index (κ2) is 3.75. The van der Waals surface area contributed by atoms with E-state index < -0.39 is 0 Å². The molecule has 1 N–H and O–H groups in total. The van der Waals surface area contributed by atoms with Gasteiger partial charge in [0.25, 0.3) is 0 Å². The van der Waals surface area contributed by atoms with Gasteiger partial charge in [0.15, 0.2) is 0 Å². The molecule has 1 aliphatic heterocycles. The van der Waals surface area contributed by atoms with E-state index in [1.807, 2.05) is 0 Å². The maximum atomic E-state index is 6.07. The van der Waals surface area contributed by atoms with Crippen LogP contribution in [0.3, 0.4) is 0 Å². The summed E-state index contributed by atoms with van der Waals surface area (Å²) in [6.45, 7) is 4.56. The van der Waals surface area contributed by atoms with Crippen LogP contribution in [0.1, 0.15) is 36.3 Å². The van der Waals surface area contributed by atoms with Crippen LogP contribution in [-0.2, 0) is 0 Å². The third kappa shape index (κ3) is 1.66. The monoisotopic (exact) mass is 235 g/mol. The highest BCUT2D eigenvalue weighted by Gasteiger charge is 2.43. The zero-order chi connectivity index (χ0) is 11.2. The molecule has 86 valence electrons. The molecule has 2 aliphatic rings. The SMILES string of the molecule is Cc1cc([C@@H]2CCC3(CNC3)C2)ccc1Cl. The summed E-state index contributed by atoms with van der Waals surface area (Å²) in [5, 5.41) is 4.31. The minimum absolute atomic E-state index is 0.637. The number of benzene rings is 1. The van der Waals surface area contributed by atoms with Gasteiger partial charge in [-0.05, 0) is 54.7 Å². The van der Waals surface area contributed by atoms with E-state index in [0.717, 1.165) is 10.9 Å². The summed E-state index contributed by atoms with van der Waals surface area (Å²) >= 11 is 6.07. The summed E-state index contributed by atoms with van der Waals surface area (Å²) in [7, 11) is 0. The van der Waals surface area contributed by atoms with Gasteiger partial charge >= 0.3 is 0 Å². The van der Waals surface area contributed by atoms with E-state index in [0.29, 0.717) is 5.41 Å². The molecule has 2 fully saturated rings. The summed E-state index contributed by atoms with van der Waals surface area (Å²) < 4.78 is 0. The molecule has 0 aromatic heterocycles. The lowest BCUT2D eigenvalue weighted by Gasteiger charge is -2.39. The van der Waals surface area contributed by atoms with Crippen LogP contribution in [0, 0.1) is 12.3 Å². The van der Waals surface area contributed by atoms with Gasteiger partial charge in [0.05, 0.1) is 0 Å². The van der Waals surface area contributed by atoms with Gasteiger partial charge in [-0.15, -0.1) is 0 Å². The molecule has 2 heteroatoms. The van der Waals surface area contributed by atoms with Crippen molar-refractivity contribution in [3.8, 4) is 0 Å². The maximum absolute atomic E-state index is 6.07. The first-order chi connectivity index (χ1) is 7.69. The molecule has 1 aromatic rings. The average molecular weight is 236 g/mol. The van der Waals surface area contributed by atoms with E-state index >= 15 is 0 Å². The van der Waals surface area contributed by atoms with Crippen LogP contribution in [-0.4, -0.2) is 13.1 Å². The molecule has 1 aliphatic carbocycles. The zero-order valence-electron chi connectivity index (χ0n) is 9.72. The predicted octanol–water partition coefficient (Wildman–Crippen LogP) is 3.51. The maximum Gasteiger partial charge on any atom is 0.0435 e. The van der Waals surface area contributed by atoms with Crippen LogP contribution >= 0.6 is 11.6 Å². The van der Waals surface area contributed by atoms with Gasteiger partial charge in [0.2, 0.25) is 0 Å². The second-order valence-electron chi connectivity index (χ2n) is 5.55. The van der Waals surface area contributed by atoms with Crippen LogP contribution in [0.4, 0.5) is 0 Å². The van der Waals surface area contributed by atoms with E-state index in [1.165, 1.54) is 43.5 Å². The average Bonchev–Trinajstić information content (AvgIpc) is 2.66. The third-order valence-corrected chi connectivity index (χ3v) is 4.78. The van der Waals surface area contributed by atoms with Crippen molar-refractivity contribution in [3.63, 3.8) is 0 Å². The fraction of sp³-hybridized carbons (Fsp3) is 0.571. The van der Waals surface area contributed by atoms with Gasteiger partial charge < -0.3 is 5.32 Å². The van der Waals surface area contributed by atoms with E-state index in [9.17, 15) is 0 Å². The normalized spacial score (nSPS) is 27.0. The topological polar surface area (TPSA) is 12.0 Å². The molecule has 1 heterocycles. The summed E-state index contributed by atoms with van der Waals surface area (Å²) in [4.78, 5) is 0. The molecule has 0 amide bonds. The fourth-order valence-electron chi connectivity index (χ4n) is 3.21. The summed E-state index contributed by atoms with van der Waals surface area (Å²) in [6, 6.07) is 6.54. The Morgan fingerprint density at radius 1 is 1.38 bits per heavy atom. The Kier molecular flexibility index (Phi) is 2.49. The Morgan fingerprint density at radius 2 is 2.19 bits per heavy atom. The van der Waals surface area contributed by atoms with Crippen molar-refractivity contribution in [2.45, 2.75) is 32.1 Å². The molecule has 16 heavy (non-hydrogen) atoms. The lowest BCUT2D eigenvalue weighted by atomic mass is 9.79. The Morgan fingerprint density at radius 3 is 2.75 bits per heavy atom. The van der Waals surface area contributed by atoms with Crippen molar-refractivity contribution in [1.29, 1.82) is 0 Å². The van der Waals surface area contributed by atoms with Crippen molar-refractivity contribution in [3.05, 3.63) is 34.3 Å². The van der Waals surface area contributed by atoms with Gasteiger partial charge in [-0.1, -0.05) is 23.7 Å². The number of nitrogens with one attached hydrogen (secondary N) is 1. The van der Waals surface area contributed by atoms with Crippen molar-refractivity contribution in [1.82, 2.24) is 5.32 Å². The summed E-state index contributed by atoms with van der Waals surface area (Å²) in [5.41, 5.74) is 3.34. The molecule has 1 spiro atoms. The van der Waals surface area contributed by atoms with Crippen LogP contribution in [0.5, 0.6) is 0 Å². The number of aryl methyl sites for hydroxylation is 1. The Bertz CT molecular complexity index is 409. The van der Waals surface area contributed by atoms with Crippen LogP contribution < -0.4 is 5.32 Å². The third-order valence-electron chi connectivity index (χ3n) is 4.36. The number of hydrogen-bond acceptors (Lipinski definition) is 1. The van der Waals surface area contributed by atoms with Crippen molar-refractivity contribution >= 4 is 11.6 Å². The first-order valence-corrected chi connectivity index (χ1v) is 6.53. The number of rotatable bonds is 1. The van der Waals surface area contributed by atoms with E-state index in [1.54, 1.807) is 0 Å². The van der Waals surface area contributed by atoms with Gasteiger partial charge in [-0.25, -0.2) is 0 Å². The number of hydrogen-bond donors (Lipinski definition) is 1. The van der Waals surface area contributed by atoms with Crippen LogP contribution in [0.2, 0.25) is 5.02 Å². The van der Waals surface area contributed by atoms with E-state index in [4.69, 9.17) is 11.6 Å². The molecule has 1 saturated heterocycles. The highest BCUT2D eigenvalue weighted by molar-refractivity contribution is 6.31. The van der Waals surface area contributed by atoms with Gasteiger partial charge in [0, 0.05) is 18.1 Å². The van der Waals surface area contributed by atoms with Gasteiger partial charge in [-0.2, -0.15) is 0 Å². The van der Waals surface area contributed by atoms with Gasteiger partial charge in [0.1, 0.15) is 0 Å². The Hall–Kier alpha value is -0.530. The molecule has 3 rings (SSSR count). The first-order valence-electron chi connectivity index (χ1n) is 6.15. The molecular weight excluding hydrogens is 218 g/mol. The predicted molar refractivity (Wildman–Crippen MR) is 68.1 cm³/mol. The summed E-state index contributed by atoms with van der Waals surface area (Å²) in [6.07, 6.45) is 4.11. The fourth-order valence-corrected chi connectivity index (χ4v) is 3.33. The molecule has 1 saturated carbocycles. The standard InChI is InChI=1S/C14H18ClN/c1-10-6-11(2-3-13(10)15)12-4-5-14(7-12)8-16-9-14/h2-3,6,12,16H,4-5,7-9H2,1H3/t12-/m1/s1. The van der Waals surface area contributed by atoms with Crippen molar-refractivity contribution in [2.75, 3.05) is 13.1 Å². The molecule has 0 bridgehead atoms. The molecule has 1 nitrogen and oxygen atoms in total. The minimum atomic E-state index is 0.637. The molecule has 0 unspecified atom stereocenters. The first kappa shape index (κ1) is 10.6. The van der Waals surface area contributed by atoms with Crippen molar-refractivity contribution < 1.29 is 0 Å². The van der Waals surface area contributed by atoms with E-state index in [2.05, 4.69) is 30.4 Å². The zero-order valence-corrected chi connectivity index (χ0v) is 10.5. The van der Waals surface area contributed by atoms with Crippen molar-refractivity contribution in [2.24, 2.45) is 5.41 Å². The summed E-state index contributed by atoms with van der Waals surface area (Å²) in [5.74, 6) is 0.762. The van der Waals surface area contributed by atoms with E-state index in [-0.39, 0.29) is 0 Å². The lowest BCUT2D eigenvalue weighted by molar-refractivity contribution is 0.175. The number of halogens is 1. The molecule has 1 aromatic carbocycles. The lowest BCUT2D eigenvalue weighted by Crippen LogP contribution is -2.51. The Labute approximate surface area is 102 Å². The molecular formula is C14H18ClN. The van der Waals surface area contributed by atoms with Crippen LogP contribution in [0.25, 0.3) is 0 Å². The quantitative estimate of drug-likeness (QED) is 0.786. The smallest absolute Gasteiger partial charge is 0.0435 e. The molecule has 1 atom stereocenters. The highest BCUT2D eigenvalue weighted by Crippen LogP contribution is 2.48.